The Bertz CT molecular complexity index is 641. The molecule has 1 aliphatic rings. The van der Waals surface area contributed by atoms with Gasteiger partial charge in [0.25, 0.3) is 0 Å². The first-order valence-electron chi connectivity index (χ1n) is 8.28. The van der Waals surface area contributed by atoms with Crippen molar-refractivity contribution in [3.8, 4) is 0 Å². The summed E-state index contributed by atoms with van der Waals surface area (Å²) in [6.45, 7) is 8.59. The number of aromatic nitrogens is 2. The normalized spacial score (nSPS) is 18.5. The van der Waals surface area contributed by atoms with Gasteiger partial charge in [0.2, 0.25) is 0 Å². The number of aryl methyl sites for hydroxylation is 1. The molecule has 0 atom stereocenters. The number of oxazole rings is 1. The van der Waals surface area contributed by atoms with Gasteiger partial charge in [-0.2, -0.15) is 0 Å². The zero-order valence-corrected chi connectivity index (χ0v) is 14.1. The molecule has 1 N–H and O–H groups in total. The van der Waals surface area contributed by atoms with Crippen LogP contribution in [0.15, 0.2) is 29.0 Å². The molecule has 1 saturated heterocycles. The van der Waals surface area contributed by atoms with Crippen LogP contribution in [0.4, 0.5) is 0 Å². The molecular formula is C18H25N3O2. The summed E-state index contributed by atoms with van der Waals surface area (Å²) in [4.78, 5) is 11.2. The first-order chi connectivity index (χ1) is 11.0. The molecule has 0 radical (unpaired) electrons. The van der Waals surface area contributed by atoms with E-state index in [1.54, 1.807) is 6.26 Å². The summed E-state index contributed by atoms with van der Waals surface area (Å²) in [6, 6.07) is 3.95. The predicted octanol–water partition coefficient (Wildman–Crippen LogP) is 2.99. The first kappa shape index (κ1) is 16.1. The highest BCUT2D eigenvalue weighted by Crippen LogP contribution is 2.32. The molecular weight excluding hydrogens is 290 g/mol. The summed E-state index contributed by atoms with van der Waals surface area (Å²) in [7, 11) is 0. The van der Waals surface area contributed by atoms with E-state index in [0.717, 1.165) is 42.5 Å². The lowest BCUT2D eigenvalue weighted by molar-refractivity contribution is -0.0313. The number of piperidine rings is 1. The van der Waals surface area contributed by atoms with E-state index in [1.165, 1.54) is 0 Å². The van der Waals surface area contributed by atoms with Crippen LogP contribution in [0.25, 0.3) is 0 Å². The molecule has 5 heteroatoms. The minimum absolute atomic E-state index is 0.308. The minimum Gasteiger partial charge on any atom is -0.448 e. The smallest absolute Gasteiger partial charge is 0.196 e. The lowest BCUT2D eigenvalue weighted by atomic mass is 9.87. The third kappa shape index (κ3) is 3.62. The minimum atomic E-state index is -0.808. The zero-order chi connectivity index (χ0) is 16.4. The quantitative estimate of drug-likeness (QED) is 0.940. The van der Waals surface area contributed by atoms with Crippen LogP contribution in [-0.4, -0.2) is 33.1 Å². The Kier molecular flexibility index (Phi) is 4.50. The van der Waals surface area contributed by atoms with Crippen LogP contribution in [0.3, 0.4) is 0 Å². The summed E-state index contributed by atoms with van der Waals surface area (Å²) in [5.41, 5.74) is 2.05. The van der Waals surface area contributed by atoms with Crippen molar-refractivity contribution < 1.29 is 9.52 Å². The Morgan fingerprint density at radius 2 is 2.04 bits per heavy atom. The average molecular weight is 315 g/mol. The van der Waals surface area contributed by atoms with Crippen molar-refractivity contribution in [1.82, 2.24) is 14.9 Å². The fraction of sp³-hybridized carbons (Fsp3) is 0.556. The lowest BCUT2D eigenvalue weighted by Gasteiger charge is -2.37. The largest absolute Gasteiger partial charge is 0.448 e. The van der Waals surface area contributed by atoms with Crippen molar-refractivity contribution >= 4 is 0 Å². The number of hydrogen-bond acceptors (Lipinski definition) is 5. The first-order valence-corrected chi connectivity index (χ1v) is 8.28. The Balaban J connectivity index is 1.60. The molecule has 2 aromatic heterocycles. The van der Waals surface area contributed by atoms with Crippen LogP contribution in [0.1, 0.15) is 55.4 Å². The third-order valence-corrected chi connectivity index (χ3v) is 4.52. The number of pyridine rings is 1. The summed E-state index contributed by atoms with van der Waals surface area (Å²) in [5.74, 6) is 1.10. The number of likely N-dealkylation sites (tertiary alicyclic amines) is 1. The van der Waals surface area contributed by atoms with E-state index >= 15 is 0 Å². The molecule has 3 heterocycles. The number of aliphatic hydroxyl groups is 1. The van der Waals surface area contributed by atoms with Crippen molar-refractivity contribution in [3.63, 3.8) is 0 Å². The number of nitrogens with zero attached hydrogens (tertiary/aromatic N) is 3. The van der Waals surface area contributed by atoms with Crippen LogP contribution in [0.2, 0.25) is 0 Å². The molecule has 1 aliphatic heterocycles. The van der Waals surface area contributed by atoms with Gasteiger partial charge in [-0.25, -0.2) is 4.98 Å². The number of rotatable bonds is 4. The van der Waals surface area contributed by atoms with Crippen molar-refractivity contribution in [1.29, 1.82) is 0 Å². The molecule has 0 unspecified atom stereocenters. The zero-order valence-electron chi connectivity index (χ0n) is 14.1. The van der Waals surface area contributed by atoms with E-state index < -0.39 is 5.60 Å². The van der Waals surface area contributed by atoms with Gasteiger partial charge in [-0.15, -0.1) is 0 Å². The maximum absolute atomic E-state index is 10.9. The van der Waals surface area contributed by atoms with E-state index in [0.29, 0.717) is 18.8 Å². The average Bonchev–Trinajstić information content (AvgIpc) is 2.99. The van der Waals surface area contributed by atoms with Gasteiger partial charge in [0.1, 0.15) is 11.9 Å². The highest BCUT2D eigenvalue weighted by atomic mass is 16.3. The highest BCUT2D eigenvalue weighted by molar-refractivity contribution is 5.18. The SMILES string of the molecule is Cc1ccc(C2(O)CCN(Cc3coc(C(C)C)n3)CC2)nc1. The summed E-state index contributed by atoms with van der Waals surface area (Å²) in [6.07, 6.45) is 4.95. The molecule has 1 fully saturated rings. The second-order valence-corrected chi connectivity index (χ2v) is 6.86. The highest BCUT2D eigenvalue weighted by Gasteiger charge is 2.35. The molecule has 2 aromatic rings. The van der Waals surface area contributed by atoms with Crippen LogP contribution in [-0.2, 0) is 12.1 Å². The van der Waals surface area contributed by atoms with Gasteiger partial charge >= 0.3 is 0 Å². The maximum atomic E-state index is 10.9. The fourth-order valence-corrected chi connectivity index (χ4v) is 2.97. The molecule has 3 rings (SSSR count). The molecule has 124 valence electrons. The molecule has 5 nitrogen and oxygen atoms in total. The summed E-state index contributed by atoms with van der Waals surface area (Å²) in [5, 5.41) is 10.9. The Labute approximate surface area is 137 Å². The lowest BCUT2D eigenvalue weighted by Crippen LogP contribution is -2.42. The van der Waals surface area contributed by atoms with Gasteiger partial charge in [-0.05, 0) is 31.4 Å². The van der Waals surface area contributed by atoms with Crippen LogP contribution in [0, 0.1) is 6.92 Å². The van der Waals surface area contributed by atoms with Crippen LogP contribution >= 0.6 is 0 Å². The van der Waals surface area contributed by atoms with Gasteiger partial charge in [0.05, 0.1) is 11.4 Å². The molecule has 0 spiro atoms. The molecule has 0 aliphatic carbocycles. The standard InChI is InChI=1S/C18H25N3O2/c1-13(2)17-20-15(12-23-17)11-21-8-6-18(22,7-9-21)16-5-4-14(3)10-19-16/h4-5,10,12-13,22H,6-9,11H2,1-3H3. The van der Waals surface area contributed by atoms with Gasteiger partial charge in [-0.1, -0.05) is 19.9 Å². The van der Waals surface area contributed by atoms with Gasteiger partial charge in [0.15, 0.2) is 5.89 Å². The van der Waals surface area contributed by atoms with E-state index in [2.05, 4.69) is 28.7 Å². The third-order valence-electron chi connectivity index (χ3n) is 4.52. The predicted molar refractivity (Wildman–Crippen MR) is 88.0 cm³/mol. The van der Waals surface area contributed by atoms with Crippen LogP contribution < -0.4 is 0 Å². The van der Waals surface area contributed by atoms with Crippen molar-refractivity contribution in [2.45, 2.75) is 51.7 Å². The van der Waals surface area contributed by atoms with E-state index in [1.807, 2.05) is 25.3 Å². The Hall–Kier alpha value is -1.72. The fourth-order valence-electron chi connectivity index (χ4n) is 2.97. The van der Waals surface area contributed by atoms with E-state index in [4.69, 9.17) is 4.42 Å². The summed E-state index contributed by atoms with van der Waals surface area (Å²) < 4.78 is 5.49. The maximum Gasteiger partial charge on any atom is 0.196 e. The van der Waals surface area contributed by atoms with E-state index in [-0.39, 0.29) is 0 Å². The Morgan fingerprint density at radius 1 is 1.30 bits per heavy atom. The van der Waals surface area contributed by atoms with Crippen molar-refractivity contribution in [2.75, 3.05) is 13.1 Å². The summed E-state index contributed by atoms with van der Waals surface area (Å²) >= 11 is 0. The molecule has 0 bridgehead atoms. The Morgan fingerprint density at radius 3 is 2.61 bits per heavy atom. The molecule has 0 saturated carbocycles. The topological polar surface area (TPSA) is 62.4 Å². The van der Waals surface area contributed by atoms with Gasteiger partial charge < -0.3 is 9.52 Å². The van der Waals surface area contributed by atoms with Gasteiger partial charge in [-0.3, -0.25) is 9.88 Å². The van der Waals surface area contributed by atoms with Crippen molar-refractivity contribution in [2.24, 2.45) is 0 Å². The molecule has 0 amide bonds. The van der Waals surface area contributed by atoms with E-state index in [9.17, 15) is 5.11 Å². The van der Waals surface area contributed by atoms with Crippen LogP contribution in [0.5, 0.6) is 0 Å². The van der Waals surface area contributed by atoms with Gasteiger partial charge in [0, 0.05) is 31.7 Å². The van der Waals surface area contributed by atoms with Crippen molar-refractivity contribution in [3.05, 3.63) is 47.4 Å². The number of hydrogen-bond donors (Lipinski definition) is 1. The molecule has 0 aromatic carbocycles. The molecule has 23 heavy (non-hydrogen) atoms. The second kappa shape index (κ2) is 6.42. The monoisotopic (exact) mass is 315 g/mol. The second-order valence-electron chi connectivity index (χ2n) is 6.86.